The van der Waals surface area contributed by atoms with Gasteiger partial charge in [-0.15, -0.1) is 0 Å². The van der Waals surface area contributed by atoms with Crippen LogP contribution in [-0.4, -0.2) is 13.7 Å². The molecule has 0 aliphatic rings. The molecule has 0 spiro atoms. The second-order valence-electron chi connectivity index (χ2n) is 4.15. The quantitative estimate of drug-likeness (QED) is 0.859. The average molecular weight is 228 g/mol. The lowest BCUT2D eigenvalue weighted by Gasteiger charge is -2.31. The monoisotopic (exact) mass is 227 g/mol. The first-order chi connectivity index (χ1) is 6.98. The first-order valence-corrected chi connectivity index (χ1v) is 5.40. The molecule has 0 saturated heterocycles. The van der Waals surface area contributed by atoms with Crippen molar-refractivity contribution in [3.63, 3.8) is 0 Å². The molecule has 0 aliphatic heterocycles. The fourth-order valence-corrected chi connectivity index (χ4v) is 1.64. The standard InChI is InChI=1S/C12H18ClNO/c1-9(8-15-3)12(2,14)10-4-6-11(13)7-5-10/h4-7,9H,8,14H2,1-3H3. The summed E-state index contributed by atoms with van der Waals surface area (Å²) in [5, 5.41) is 0.731. The van der Waals surface area contributed by atoms with Crippen LogP contribution in [0.2, 0.25) is 5.02 Å². The average Bonchev–Trinajstić information content (AvgIpc) is 2.18. The van der Waals surface area contributed by atoms with E-state index in [4.69, 9.17) is 22.1 Å². The Morgan fingerprint density at radius 2 is 1.93 bits per heavy atom. The highest BCUT2D eigenvalue weighted by molar-refractivity contribution is 6.30. The molecule has 0 saturated carbocycles. The summed E-state index contributed by atoms with van der Waals surface area (Å²) in [6, 6.07) is 7.66. The van der Waals surface area contributed by atoms with Crippen LogP contribution in [0.1, 0.15) is 19.4 Å². The van der Waals surface area contributed by atoms with Gasteiger partial charge in [-0.2, -0.15) is 0 Å². The molecular weight excluding hydrogens is 210 g/mol. The van der Waals surface area contributed by atoms with Gasteiger partial charge in [0.05, 0.1) is 6.61 Å². The lowest BCUT2D eigenvalue weighted by Crippen LogP contribution is -2.41. The van der Waals surface area contributed by atoms with Crippen LogP contribution in [0.5, 0.6) is 0 Å². The molecule has 15 heavy (non-hydrogen) atoms. The first kappa shape index (κ1) is 12.5. The zero-order chi connectivity index (χ0) is 11.5. The largest absolute Gasteiger partial charge is 0.384 e. The normalized spacial score (nSPS) is 17.1. The SMILES string of the molecule is COCC(C)C(C)(N)c1ccc(Cl)cc1. The Kier molecular flexibility index (Phi) is 4.14. The summed E-state index contributed by atoms with van der Waals surface area (Å²) < 4.78 is 5.13. The van der Waals surface area contributed by atoms with E-state index in [0.29, 0.717) is 6.61 Å². The summed E-state index contributed by atoms with van der Waals surface area (Å²) in [7, 11) is 1.69. The van der Waals surface area contributed by atoms with Crippen LogP contribution in [0.25, 0.3) is 0 Å². The predicted molar refractivity (Wildman–Crippen MR) is 64.0 cm³/mol. The summed E-state index contributed by atoms with van der Waals surface area (Å²) in [6.45, 7) is 4.74. The third kappa shape index (κ3) is 2.94. The van der Waals surface area contributed by atoms with Crippen molar-refractivity contribution in [3.05, 3.63) is 34.9 Å². The fourth-order valence-electron chi connectivity index (χ4n) is 1.52. The van der Waals surface area contributed by atoms with Gasteiger partial charge in [0.2, 0.25) is 0 Å². The molecule has 1 aromatic carbocycles. The highest BCUT2D eigenvalue weighted by atomic mass is 35.5. The molecular formula is C12H18ClNO. The van der Waals surface area contributed by atoms with Crippen LogP contribution in [0, 0.1) is 5.92 Å². The van der Waals surface area contributed by atoms with Crippen LogP contribution in [0.4, 0.5) is 0 Å². The summed E-state index contributed by atoms with van der Waals surface area (Å²) in [5.74, 6) is 0.253. The van der Waals surface area contributed by atoms with Gasteiger partial charge in [-0.3, -0.25) is 0 Å². The highest BCUT2D eigenvalue weighted by Crippen LogP contribution is 2.27. The number of halogens is 1. The van der Waals surface area contributed by atoms with E-state index in [1.165, 1.54) is 0 Å². The van der Waals surface area contributed by atoms with Gasteiger partial charge in [0.15, 0.2) is 0 Å². The van der Waals surface area contributed by atoms with Crippen LogP contribution in [-0.2, 0) is 10.3 Å². The molecule has 2 unspecified atom stereocenters. The molecule has 0 aromatic heterocycles. The minimum absolute atomic E-state index is 0.253. The van der Waals surface area contributed by atoms with Gasteiger partial charge < -0.3 is 10.5 Å². The number of ether oxygens (including phenoxy) is 1. The lowest BCUT2D eigenvalue weighted by molar-refractivity contribution is 0.121. The number of benzene rings is 1. The molecule has 1 rings (SSSR count). The number of hydrogen-bond donors (Lipinski definition) is 1. The van der Waals surface area contributed by atoms with Crippen molar-refractivity contribution in [2.45, 2.75) is 19.4 Å². The third-order valence-electron chi connectivity index (χ3n) is 2.91. The van der Waals surface area contributed by atoms with Crippen LogP contribution < -0.4 is 5.73 Å². The van der Waals surface area contributed by atoms with E-state index in [0.717, 1.165) is 10.6 Å². The molecule has 0 amide bonds. The molecule has 0 heterocycles. The van der Waals surface area contributed by atoms with Crippen molar-refractivity contribution < 1.29 is 4.74 Å². The van der Waals surface area contributed by atoms with E-state index >= 15 is 0 Å². The van der Waals surface area contributed by atoms with Crippen molar-refractivity contribution in [2.75, 3.05) is 13.7 Å². The maximum Gasteiger partial charge on any atom is 0.0508 e. The number of hydrogen-bond acceptors (Lipinski definition) is 2. The van der Waals surface area contributed by atoms with Crippen LogP contribution in [0.15, 0.2) is 24.3 Å². The van der Waals surface area contributed by atoms with E-state index in [1.54, 1.807) is 7.11 Å². The van der Waals surface area contributed by atoms with Crippen molar-refractivity contribution in [3.8, 4) is 0 Å². The van der Waals surface area contributed by atoms with Crippen molar-refractivity contribution in [1.82, 2.24) is 0 Å². The van der Waals surface area contributed by atoms with Gasteiger partial charge in [-0.05, 0) is 24.6 Å². The van der Waals surface area contributed by atoms with E-state index in [-0.39, 0.29) is 11.5 Å². The topological polar surface area (TPSA) is 35.2 Å². The Hall–Kier alpha value is -0.570. The highest BCUT2D eigenvalue weighted by Gasteiger charge is 2.28. The van der Waals surface area contributed by atoms with E-state index in [9.17, 15) is 0 Å². The van der Waals surface area contributed by atoms with Gasteiger partial charge in [0, 0.05) is 23.6 Å². The molecule has 84 valence electrons. The minimum atomic E-state index is -0.388. The zero-order valence-corrected chi connectivity index (χ0v) is 10.2. The smallest absolute Gasteiger partial charge is 0.0508 e. The Morgan fingerprint density at radius 3 is 2.40 bits per heavy atom. The fraction of sp³-hybridized carbons (Fsp3) is 0.500. The summed E-state index contributed by atoms with van der Waals surface area (Å²) in [4.78, 5) is 0. The number of nitrogens with two attached hydrogens (primary N) is 1. The molecule has 0 fully saturated rings. The summed E-state index contributed by atoms with van der Waals surface area (Å²) in [5.41, 5.74) is 6.99. The third-order valence-corrected chi connectivity index (χ3v) is 3.16. The van der Waals surface area contributed by atoms with Gasteiger partial charge in [0.1, 0.15) is 0 Å². The van der Waals surface area contributed by atoms with E-state index in [2.05, 4.69) is 6.92 Å². The van der Waals surface area contributed by atoms with Crippen molar-refractivity contribution in [1.29, 1.82) is 0 Å². The van der Waals surface area contributed by atoms with E-state index < -0.39 is 0 Å². The lowest BCUT2D eigenvalue weighted by atomic mass is 9.82. The minimum Gasteiger partial charge on any atom is -0.384 e. The second-order valence-corrected chi connectivity index (χ2v) is 4.58. The van der Waals surface area contributed by atoms with Crippen LogP contribution in [0.3, 0.4) is 0 Å². The molecule has 2 atom stereocenters. The molecule has 3 heteroatoms. The first-order valence-electron chi connectivity index (χ1n) is 5.02. The molecule has 0 bridgehead atoms. The van der Waals surface area contributed by atoms with Gasteiger partial charge >= 0.3 is 0 Å². The second kappa shape index (κ2) is 4.97. The Morgan fingerprint density at radius 1 is 1.40 bits per heavy atom. The summed E-state index contributed by atoms with van der Waals surface area (Å²) >= 11 is 5.84. The van der Waals surface area contributed by atoms with E-state index in [1.807, 2.05) is 31.2 Å². The number of methoxy groups -OCH3 is 1. The molecule has 0 aliphatic carbocycles. The van der Waals surface area contributed by atoms with Gasteiger partial charge in [-0.25, -0.2) is 0 Å². The zero-order valence-electron chi connectivity index (χ0n) is 9.46. The molecule has 1 aromatic rings. The molecule has 2 N–H and O–H groups in total. The van der Waals surface area contributed by atoms with Crippen molar-refractivity contribution in [2.24, 2.45) is 11.7 Å². The van der Waals surface area contributed by atoms with Gasteiger partial charge in [-0.1, -0.05) is 30.7 Å². The molecule has 0 radical (unpaired) electrons. The number of rotatable bonds is 4. The van der Waals surface area contributed by atoms with Crippen LogP contribution >= 0.6 is 11.6 Å². The molecule has 2 nitrogen and oxygen atoms in total. The summed E-state index contributed by atoms with van der Waals surface area (Å²) in [6.07, 6.45) is 0. The Balaban J connectivity index is 2.89. The Labute approximate surface area is 96.4 Å². The maximum absolute atomic E-state index is 6.29. The predicted octanol–water partition coefficient (Wildman–Crippen LogP) is 2.80. The van der Waals surface area contributed by atoms with Crippen molar-refractivity contribution >= 4 is 11.6 Å². The van der Waals surface area contributed by atoms with Gasteiger partial charge in [0.25, 0.3) is 0 Å². The Bertz CT molecular complexity index is 308. The maximum atomic E-state index is 6.29.